The van der Waals surface area contributed by atoms with Crippen molar-refractivity contribution >= 4 is 5.78 Å². The van der Waals surface area contributed by atoms with Gasteiger partial charge in [0.25, 0.3) is 0 Å². The molecule has 0 N–H and O–H groups in total. The summed E-state index contributed by atoms with van der Waals surface area (Å²) in [6.07, 6.45) is 7.19. The summed E-state index contributed by atoms with van der Waals surface area (Å²) >= 11 is 0. The fraction of sp³-hybridized carbons (Fsp3) is 0.476. The zero-order chi connectivity index (χ0) is 16.4. The first-order valence-corrected chi connectivity index (χ1v) is 8.50. The summed E-state index contributed by atoms with van der Waals surface area (Å²) in [5.74, 6) is 0.925. The van der Waals surface area contributed by atoms with Crippen molar-refractivity contribution in [3.8, 4) is 0 Å². The average Bonchev–Trinajstić information content (AvgIpc) is 2.54. The molecule has 0 saturated heterocycles. The van der Waals surface area contributed by atoms with Crippen LogP contribution >= 0.6 is 0 Å². The van der Waals surface area contributed by atoms with Crippen LogP contribution in [0.5, 0.6) is 0 Å². The molecule has 0 radical (unpaired) electrons. The maximum absolute atomic E-state index is 12.5. The second-order valence-electron chi connectivity index (χ2n) is 7.48. The molecule has 0 fully saturated rings. The lowest BCUT2D eigenvalue weighted by atomic mass is 9.58. The van der Waals surface area contributed by atoms with Gasteiger partial charge in [0, 0.05) is 11.8 Å². The topological polar surface area (TPSA) is 26.3 Å². The molecule has 0 amide bonds. The zero-order valence-electron chi connectivity index (χ0n) is 14.3. The smallest absolute Gasteiger partial charge is 0.159 e. The third kappa shape index (κ3) is 3.32. The molecule has 23 heavy (non-hydrogen) atoms. The monoisotopic (exact) mass is 310 g/mol. The number of benzene rings is 1. The molecule has 0 aromatic heterocycles. The van der Waals surface area contributed by atoms with Crippen molar-refractivity contribution in [3.63, 3.8) is 0 Å². The molecule has 2 aliphatic carbocycles. The van der Waals surface area contributed by atoms with Gasteiger partial charge in [0.15, 0.2) is 5.78 Å². The number of hydrogen-bond acceptors (Lipinski definition) is 2. The SMILES string of the molecule is CC1=CC[C@@H]2[C@@H](C(=O)C=CC2(C)C)[C@@H]1COCc1ccccc1. The molecule has 1 aromatic rings. The minimum absolute atomic E-state index is 0.0655. The van der Waals surface area contributed by atoms with Gasteiger partial charge in [0.2, 0.25) is 0 Å². The fourth-order valence-electron chi connectivity index (χ4n) is 3.98. The van der Waals surface area contributed by atoms with Gasteiger partial charge in [-0.15, -0.1) is 0 Å². The third-order valence-corrected chi connectivity index (χ3v) is 5.52. The van der Waals surface area contributed by atoms with E-state index in [0.29, 0.717) is 19.1 Å². The lowest BCUT2D eigenvalue weighted by molar-refractivity contribution is -0.125. The van der Waals surface area contributed by atoms with E-state index in [1.807, 2.05) is 18.2 Å². The molecule has 2 nitrogen and oxygen atoms in total. The molecule has 1 aromatic carbocycles. The normalized spacial score (nSPS) is 29.1. The quantitative estimate of drug-likeness (QED) is 0.762. The van der Waals surface area contributed by atoms with E-state index in [1.165, 1.54) is 11.1 Å². The number of allylic oxidation sites excluding steroid dienone is 3. The Kier molecular flexibility index (Phi) is 4.54. The first-order chi connectivity index (χ1) is 11.0. The van der Waals surface area contributed by atoms with Crippen molar-refractivity contribution in [1.29, 1.82) is 0 Å². The molecule has 2 aliphatic rings. The van der Waals surface area contributed by atoms with Crippen molar-refractivity contribution in [3.05, 3.63) is 59.7 Å². The largest absolute Gasteiger partial charge is 0.376 e. The lowest BCUT2D eigenvalue weighted by Crippen LogP contribution is -2.44. The second-order valence-corrected chi connectivity index (χ2v) is 7.48. The molecule has 0 bridgehead atoms. The molecular formula is C21H26O2. The average molecular weight is 310 g/mol. The maximum atomic E-state index is 12.5. The highest BCUT2D eigenvalue weighted by atomic mass is 16.5. The molecule has 0 saturated carbocycles. The summed E-state index contributed by atoms with van der Waals surface area (Å²) in [6, 6.07) is 10.2. The van der Waals surface area contributed by atoms with Crippen LogP contribution in [-0.2, 0) is 16.1 Å². The van der Waals surface area contributed by atoms with Crippen LogP contribution in [0.15, 0.2) is 54.1 Å². The standard InChI is InChI=1S/C21H26O2/c1-15-9-10-18-20(19(22)11-12-21(18,2)3)17(15)14-23-13-16-7-5-4-6-8-16/h4-9,11-12,17-18,20H,10,13-14H2,1-3H3/t17-,18-,20+/m1/s1. The molecule has 3 rings (SSSR count). The van der Waals surface area contributed by atoms with E-state index in [4.69, 9.17) is 4.74 Å². The number of hydrogen-bond donors (Lipinski definition) is 0. The molecule has 2 heteroatoms. The van der Waals surface area contributed by atoms with Crippen molar-refractivity contribution < 1.29 is 9.53 Å². The van der Waals surface area contributed by atoms with E-state index in [0.717, 1.165) is 6.42 Å². The van der Waals surface area contributed by atoms with Crippen molar-refractivity contribution in [1.82, 2.24) is 0 Å². The highest BCUT2D eigenvalue weighted by Crippen LogP contribution is 2.48. The summed E-state index contributed by atoms with van der Waals surface area (Å²) in [4.78, 5) is 12.5. The van der Waals surface area contributed by atoms with Gasteiger partial charge in [0.1, 0.15) is 0 Å². The van der Waals surface area contributed by atoms with Crippen molar-refractivity contribution in [2.24, 2.45) is 23.2 Å². The number of carbonyl (C=O) groups is 1. The minimum atomic E-state index is 0.0655. The second kappa shape index (κ2) is 6.45. The third-order valence-electron chi connectivity index (χ3n) is 5.52. The summed E-state index contributed by atoms with van der Waals surface area (Å²) < 4.78 is 5.98. The van der Waals surface area contributed by atoms with Gasteiger partial charge in [0.05, 0.1) is 13.2 Å². The van der Waals surface area contributed by atoms with Crippen LogP contribution in [0.2, 0.25) is 0 Å². The molecule has 0 heterocycles. The molecule has 0 unspecified atom stereocenters. The van der Waals surface area contributed by atoms with Gasteiger partial charge in [-0.1, -0.05) is 61.9 Å². The number of carbonyl (C=O) groups excluding carboxylic acids is 1. The Hall–Kier alpha value is -1.67. The highest BCUT2D eigenvalue weighted by molar-refractivity contribution is 5.93. The van der Waals surface area contributed by atoms with Crippen LogP contribution in [0.25, 0.3) is 0 Å². The molecule has 0 spiro atoms. The Morgan fingerprint density at radius 1 is 1.22 bits per heavy atom. The first kappa shape index (κ1) is 16.2. The van der Waals surface area contributed by atoms with E-state index in [2.05, 4.69) is 45.1 Å². The summed E-state index contributed by atoms with van der Waals surface area (Å²) in [5, 5.41) is 0. The van der Waals surface area contributed by atoms with Gasteiger partial charge in [-0.2, -0.15) is 0 Å². The molecule has 122 valence electrons. The van der Waals surface area contributed by atoms with Crippen LogP contribution in [0.4, 0.5) is 0 Å². The van der Waals surface area contributed by atoms with E-state index in [1.54, 1.807) is 6.08 Å². The van der Waals surface area contributed by atoms with Crippen molar-refractivity contribution in [2.75, 3.05) is 6.61 Å². The predicted molar refractivity (Wildman–Crippen MR) is 92.9 cm³/mol. The summed E-state index contributed by atoms with van der Waals surface area (Å²) in [5.41, 5.74) is 2.56. The number of ether oxygens (including phenoxy) is 1. The van der Waals surface area contributed by atoms with Crippen LogP contribution in [0.1, 0.15) is 32.8 Å². The van der Waals surface area contributed by atoms with E-state index >= 15 is 0 Å². The van der Waals surface area contributed by atoms with E-state index in [-0.39, 0.29) is 23.0 Å². The van der Waals surface area contributed by atoms with Gasteiger partial charge in [-0.3, -0.25) is 4.79 Å². The van der Waals surface area contributed by atoms with E-state index < -0.39 is 0 Å². The number of rotatable bonds is 4. The fourth-order valence-corrected chi connectivity index (χ4v) is 3.98. The van der Waals surface area contributed by atoms with Gasteiger partial charge < -0.3 is 4.74 Å². The van der Waals surface area contributed by atoms with Gasteiger partial charge in [-0.05, 0) is 36.3 Å². The number of fused-ring (bicyclic) bond motifs is 1. The highest BCUT2D eigenvalue weighted by Gasteiger charge is 2.45. The van der Waals surface area contributed by atoms with Crippen LogP contribution in [-0.4, -0.2) is 12.4 Å². The Balaban J connectivity index is 1.72. The summed E-state index contributed by atoms with van der Waals surface area (Å²) in [6.45, 7) is 7.85. The summed E-state index contributed by atoms with van der Waals surface area (Å²) in [7, 11) is 0. The Bertz CT molecular complexity index is 625. The molecule has 3 atom stereocenters. The van der Waals surface area contributed by atoms with Crippen LogP contribution in [0.3, 0.4) is 0 Å². The lowest BCUT2D eigenvalue weighted by Gasteiger charge is -2.45. The predicted octanol–water partition coefficient (Wildman–Crippen LogP) is 4.57. The Labute approximate surface area is 139 Å². The van der Waals surface area contributed by atoms with Crippen molar-refractivity contribution in [2.45, 2.75) is 33.8 Å². The van der Waals surface area contributed by atoms with E-state index in [9.17, 15) is 4.79 Å². The Morgan fingerprint density at radius 2 is 1.96 bits per heavy atom. The molecule has 0 aliphatic heterocycles. The molecular weight excluding hydrogens is 284 g/mol. The van der Waals surface area contributed by atoms with Gasteiger partial charge in [-0.25, -0.2) is 0 Å². The zero-order valence-corrected chi connectivity index (χ0v) is 14.3. The maximum Gasteiger partial charge on any atom is 0.159 e. The Morgan fingerprint density at radius 3 is 2.70 bits per heavy atom. The number of ketones is 1. The minimum Gasteiger partial charge on any atom is -0.376 e. The first-order valence-electron chi connectivity index (χ1n) is 8.50. The van der Waals surface area contributed by atoms with Crippen LogP contribution < -0.4 is 0 Å². The van der Waals surface area contributed by atoms with Gasteiger partial charge >= 0.3 is 0 Å². The van der Waals surface area contributed by atoms with Crippen LogP contribution in [0, 0.1) is 23.2 Å².